The zero-order valence-electron chi connectivity index (χ0n) is 7.04. The molecule has 12 heavy (non-hydrogen) atoms. The number of aliphatic carboxylic acids is 1. The molecule has 0 bridgehead atoms. The molecule has 3 heteroatoms. The predicted octanol–water partition coefficient (Wildman–Crippen LogP) is 1.55. The summed E-state index contributed by atoms with van der Waals surface area (Å²) in [5, 5.41) is 8.43. The van der Waals surface area contributed by atoms with Crippen molar-refractivity contribution in [2.75, 3.05) is 0 Å². The Morgan fingerprint density at radius 3 is 2.50 bits per heavy atom. The Kier molecular flexibility index (Phi) is 4.69. The van der Waals surface area contributed by atoms with Crippen LogP contribution in [0, 0.1) is 0 Å². The molecule has 0 rings (SSSR count). The van der Waals surface area contributed by atoms with Crippen LogP contribution in [0.15, 0.2) is 24.3 Å². The molecule has 0 aliphatic heterocycles. The largest absolute Gasteiger partial charge is 0.478 e. The number of ketones is 1. The fourth-order valence-electron chi connectivity index (χ4n) is 0.620. The minimum Gasteiger partial charge on any atom is -0.478 e. The van der Waals surface area contributed by atoms with E-state index in [1.165, 1.54) is 19.1 Å². The van der Waals surface area contributed by atoms with Crippen molar-refractivity contribution in [2.45, 2.75) is 19.8 Å². The monoisotopic (exact) mass is 168 g/mol. The molecule has 0 spiro atoms. The van der Waals surface area contributed by atoms with Crippen LogP contribution in [-0.2, 0) is 9.59 Å². The van der Waals surface area contributed by atoms with Crippen LogP contribution in [0.25, 0.3) is 0 Å². The van der Waals surface area contributed by atoms with E-state index in [0.717, 1.165) is 0 Å². The van der Waals surface area contributed by atoms with Gasteiger partial charge in [0.1, 0.15) is 0 Å². The molecular weight excluding hydrogens is 156 g/mol. The van der Waals surface area contributed by atoms with Crippen molar-refractivity contribution in [1.29, 1.82) is 0 Å². The lowest BCUT2D eigenvalue weighted by Crippen LogP contribution is -1.96. The predicted molar refractivity (Wildman–Crippen MR) is 45.8 cm³/mol. The van der Waals surface area contributed by atoms with Gasteiger partial charge in [0, 0.05) is 12.0 Å². The van der Waals surface area contributed by atoms with Gasteiger partial charge in [-0.3, -0.25) is 4.79 Å². The second-order valence-electron chi connectivity index (χ2n) is 2.40. The van der Waals surface area contributed by atoms with Gasteiger partial charge in [0.2, 0.25) is 0 Å². The van der Waals surface area contributed by atoms with Crippen molar-refractivity contribution in [3.05, 3.63) is 24.3 Å². The number of hydrogen-bond donors (Lipinski definition) is 1. The summed E-state index contributed by atoms with van der Waals surface area (Å²) in [6.07, 6.45) is 3.56. The van der Waals surface area contributed by atoms with Crippen molar-refractivity contribution in [1.82, 2.24) is 0 Å². The second kappa shape index (κ2) is 5.29. The third-order valence-electron chi connectivity index (χ3n) is 1.41. The molecule has 66 valence electrons. The molecule has 0 aliphatic carbocycles. The normalized spacial score (nSPS) is 10.9. The van der Waals surface area contributed by atoms with Crippen LogP contribution in [0.4, 0.5) is 0 Å². The Balaban J connectivity index is 3.82. The van der Waals surface area contributed by atoms with Crippen LogP contribution in [0.1, 0.15) is 19.8 Å². The van der Waals surface area contributed by atoms with Gasteiger partial charge in [-0.1, -0.05) is 12.7 Å². The number of hydrogen-bond acceptors (Lipinski definition) is 2. The molecular formula is C9H12O3. The molecule has 0 aromatic carbocycles. The average Bonchev–Trinajstić information content (AvgIpc) is 2.03. The summed E-state index contributed by atoms with van der Waals surface area (Å²) in [6.45, 7) is 4.81. The highest BCUT2D eigenvalue weighted by Crippen LogP contribution is 1.99. The molecule has 0 aromatic heterocycles. The molecule has 0 radical (unpaired) electrons. The maximum Gasteiger partial charge on any atom is 0.330 e. The zero-order chi connectivity index (χ0) is 9.56. The van der Waals surface area contributed by atoms with Crippen LogP contribution in [0.5, 0.6) is 0 Å². The van der Waals surface area contributed by atoms with Gasteiger partial charge in [-0.15, -0.1) is 0 Å². The van der Waals surface area contributed by atoms with E-state index in [2.05, 4.69) is 6.58 Å². The Morgan fingerprint density at radius 2 is 2.08 bits per heavy atom. The van der Waals surface area contributed by atoms with E-state index >= 15 is 0 Å². The maximum absolute atomic E-state index is 10.7. The molecule has 0 aliphatic rings. The minimum absolute atomic E-state index is 0.0653. The minimum atomic E-state index is -0.943. The van der Waals surface area contributed by atoms with Crippen molar-refractivity contribution in [2.24, 2.45) is 0 Å². The van der Waals surface area contributed by atoms with Crippen molar-refractivity contribution in [3.8, 4) is 0 Å². The van der Waals surface area contributed by atoms with Gasteiger partial charge in [0.25, 0.3) is 0 Å². The summed E-state index contributed by atoms with van der Waals surface area (Å²) >= 11 is 0. The topological polar surface area (TPSA) is 54.4 Å². The van der Waals surface area contributed by atoms with Gasteiger partial charge < -0.3 is 5.11 Å². The highest BCUT2D eigenvalue weighted by atomic mass is 16.4. The molecule has 0 atom stereocenters. The lowest BCUT2D eigenvalue weighted by Gasteiger charge is -1.92. The molecule has 0 amide bonds. The summed E-state index contributed by atoms with van der Waals surface area (Å²) in [5.74, 6) is -1.01. The first-order valence-corrected chi connectivity index (χ1v) is 3.63. The van der Waals surface area contributed by atoms with E-state index in [4.69, 9.17) is 5.11 Å². The lowest BCUT2D eigenvalue weighted by atomic mass is 10.1. The number of rotatable bonds is 5. The molecule has 1 N–H and O–H groups in total. The van der Waals surface area contributed by atoms with Crippen molar-refractivity contribution in [3.63, 3.8) is 0 Å². The summed E-state index contributed by atoms with van der Waals surface area (Å²) in [7, 11) is 0. The third-order valence-corrected chi connectivity index (χ3v) is 1.41. The van der Waals surface area contributed by atoms with E-state index in [1.807, 2.05) is 0 Å². The fraction of sp³-hybridized carbons (Fsp3) is 0.333. The molecule has 0 heterocycles. The van der Waals surface area contributed by atoms with Gasteiger partial charge in [-0.05, 0) is 19.4 Å². The Hall–Kier alpha value is -1.38. The number of carbonyl (C=O) groups excluding carboxylic acids is 1. The molecule has 0 saturated carbocycles. The number of carbonyl (C=O) groups is 2. The van der Waals surface area contributed by atoms with Crippen LogP contribution in [-0.4, -0.2) is 16.9 Å². The Bertz CT molecular complexity index is 226. The van der Waals surface area contributed by atoms with E-state index < -0.39 is 5.97 Å². The van der Waals surface area contributed by atoms with Crippen LogP contribution in [0.3, 0.4) is 0 Å². The van der Waals surface area contributed by atoms with E-state index in [1.54, 1.807) is 0 Å². The van der Waals surface area contributed by atoms with Crippen molar-refractivity contribution < 1.29 is 14.7 Å². The van der Waals surface area contributed by atoms with Gasteiger partial charge in [0.15, 0.2) is 5.78 Å². The number of carboxylic acids is 1. The van der Waals surface area contributed by atoms with Gasteiger partial charge in [0.05, 0.1) is 0 Å². The van der Waals surface area contributed by atoms with E-state index in [9.17, 15) is 9.59 Å². The van der Waals surface area contributed by atoms with Crippen LogP contribution < -0.4 is 0 Å². The first kappa shape index (κ1) is 10.6. The first-order valence-electron chi connectivity index (χ1n) is 3.63. The molecule has 0 saturated heterocycles. The van der Waals surface area contributed by atoms with E-state index in [0.29, 0.717) is 12.8 Å². The summed E-state index contributed by atoms with van der Waals surface area (Å²) < 4.78 is 0. The molecule has 0 unspecified atom stereocenters. The second-order valence-corrected chi connectivity index (χ2v) is 2.40. The molecule has 0 aromatic rings. The fourth-order valence-corrected chi connectivity index (χ4v) is 0.620. The summed E-state index contributed by atoms with van der Waals surface area (Å²) in [6, 6.07) is 0. The molecule has 0 fully saturated rings. The third kappa shape index (κ3) is 4.44. The van der Waals surface area contributed by atoms with Crippen LogP contribution >= 0.6 is 0 Å². The highest BCUT2D eigenvalue weighted by Gasteiger charge is 1.99. The zero-order valence-corrected chi connectivity index (χ0v) is 7.04. The standard InChI is InChI=1S/C9H12O3/c1-3-8(10)6-4-5-7(2)9(11)12/h3,5H,1,4,6H2,2H3,(H,11,12). The van der Waals surface area contributed by atoms with Gasteiger partial charge >= 0.3 is 5.97 Å². The quantitative estimate of drug-likeness (QED) is 0.633. The molecule has 3 nitrogen and oxygen atoms in total. The lowest BCUT2D eigenvalue weighted by molar-refractivity contribution is -0.132. The SMILES string of the molecule is C=CC(=O)CCC=C(C)C(=O)O. The highest BCUT2D eigenvalue weighted by molar-refractivity contribution is 5.89. The first-order chi connectivity index (χ1) is 5.57. The van der Waals surface area contributed by atoms with E-state index in [-0.39, 0.29) is 11.4 Å². The summed E-state index contributed by atoms with van der Waals surface area (Å²) in [5.41, 5.74) is 0.270. The number of carboxylic acid groups (broad SMARTS) is 1. The average molecular weight is 168 g/mol. The van der Waals surface area contributed by atoms with Crippen LogP contribution in [0.2, 0.25) is 0 Å². The summed E-state index contributed by atoms with van der Waals surface area (Å²) in [4.78, 5) is 20.9. The number of allylic oxidation sites excluding steroid dienone is 2. The maximum atomic E-state index is 10.7. The Labute approximate surface area is 71.4 Å². The van der Waals surface area contributed by atoms with Gasteiger partial charge in [-0.25, -0.2) is 4.79 Å². The smallest absolute Gasteiger partial charge is 0.330 e. The van der Waals surface area contributed by atoms with Crippen molar-refractivity contribution >= 4 is 11.8 Å². The van der Waals surface area contributed by atoms with Gasteiger partial charge in [-0.2, -0.15) is 0 Å². The Morgan fingerprint density at radius 1 is 1.50 bits per heavy atom.